The Bertz CT molecular complexity index is 211. The second kappa shape index (κ2) is 5.25. The first kappa shape index (κ1) is 11.6. The Morgan fingerprint density at radius 2 is 1.83 bits per heavy atom. The van der Waals surface area contributed by atoms with Crippen LogP contribution in [0, 0.1) is 19.7 Å². The Morgan fingerprint density at radius 1 is 1.33 bits per heavy atom. The van der Waals surface area contributed by atoms with Crippen LogP contribution in [0.5, 0.6) is 0 Å². The summed E-state index contributed by atoms with van der Waals surface area (Å²) in [6.45, 7) is 7.68. The molecule has 12 heavy (non-hydrogen) atoms. The van der Waals surface area contributed by atoms with Gasteiger partial charge in [-0.25, -0.2) is 9.37 Å². The third kappa shape index (κ3) is 2.89. The predicted molar refractivity (Wildman–Crippen MR) is 52.7 cm³/mol. The fourth-order valence-electron chi connectivity index (χ4n) is 0.643. The number of hydrogen-bond acceptors (Lipinski definition) is 1. The molecule has 0 aliphatic heterocycles. The van der Waals surface area contributed by atoms with Crippen LogP contribution in [-0.2, 0) is 0 Å². The van der Waals surface area contributed by atoms with Crippen molar-refractivity contribution in [3.8, 4) is 0 Å². The highest BCUT2D eigenvalue weighted by molar-refractivity contribution is 9.10. The highest BCUT2D eigenvalue weighted by Gasteiger charge is 2.01. The lowest BCUT2D eigenvalue weighted by Crippen LogP contribution is -1.90. The summed E-state index contributed by atoms with van der Waals surface area (Å²) in [5.41, 5.74) is 1.73. The first-order valence-electron chi connectivity index (χ1n) is 3.90. The van der Waals surface area contributed by atoms with Crippen molar-refractivity contribution in [1.82, 2.24) is 4.98 Å². The fraction of sp³-hybridized carbons (Fsp3) is 0.444. The lowest BCUT2D eigenvalue weighted by Gasteiger charge is -1.99. The summed E-state index contributed by atoms with van der Waals surface area (Å²) in [7, 11) is 0. The smallest absolute Gasteiger partial charge is 0.156 e. The largest absolute Gasteiger partial charge is 0.243 e. The fourth-order valence-corrected chi connectivity index (χ4v) is 1.02. The molecule has 68 valence electrons. The van der Waals surface area contributed by atoms with Crippen molar-refractivity contribution in [2.45, 2.75) is 27.7 Å². The van der Waals surface area contributed by atoms with Gasteiger partial charge in [-0.15, -0.1) is 0 Å². The molecule has 0 aliphatic carbocycles. The standard InChI is InChI=1S/C7H7BrFN.C2H6/c1-4-3-6(9)7(8)10-5(4)2;1-2/h3H,1-2H3;1-2H3. The number of rotatable bonds is 0. The second-order valence-electron chi connectivity index (χ2n) is 2.16. The molecular formula is C9H13BrFN. The van der Waals surface area contributed by atoms with Crippen molar-refractivity contribution < 1.29 is 4.39 Å². The van der Waals surface area contributed by atoms with Crippen LogP contribution in [0.2, 0.25) is 0 Å². The van der Waals surface area contributed by atoms with Crippen molar-refractivity contribution >= 4 is 15.9 Å². The number of aromatic nitrogens is 1. The molecule has 0 N–H and O–H groups in total. The van der Waals surface area contributed by atoms with Crippen LogP contribution in [0.4, 0.5) is 4.39 Å². The molecule has 0 aliphatic rings. The number of halogens is 2. The lowest BCUT2D eigenvalue weighted by molar-refractivity contribution is 0.610. The third-order valence-corrected chi connectivity index (χ3v) is 1.93. The first-order chi connectivity index (χ1) is 5.61. The first-order valence-corrected chi connectivity index (χ1v) is 4.70. The van der Waals surface area contributed by atoms with E-state index in [4.69, 9.17) is 0 Å². The van der Waals surface area contributed by atoms with Crippen molar-refractivity contribution in [3.05, 3.63) is 27.7 Å². The molecule has 0 atom stereocenters. The van der Waals surface area contributed by atoms with Crippen LogP contribution >= 0.6 is 15.9 Å². The van der Waals surface area contributed by atoms with Gasteiger partial charge in [-0.2, -0.15) is 0 Å². The molecule has 1 nitrogen and oxygen atoms in total. The van der Waals surface area contributed by atoms with E-state index in [1.807, 2.05) is 27.7 Å². The van der Waals surface area contributed by atoms with Gasteiger partial charge < -0.3 is 0 Å². The summed E-state index contributed by atoms with van der Waals surface area (Å²) in [4.78, 5) is 3.91. The van der Waals surface area contributed by atoms with Crippen molar-refractivity contribution in [2.24, 2.45) is 0 Å². The van der Waals surface area contributed by atoms with Gasteiger partial charge in [0.25, 0.3) is 0 Å². The molecule has 1 heterocycles. The van der Waals surface area contributed by atoms with Gasteiger partial charge in [-0.05, 0) is 41.4 Å². The van der Waals surface area contributed by atoms with E-state index in [0.717, 1.165) is 11.3 Å². The number of nitrogens with zero attached hydrogens (tertiary/aromatic N) is 1. The van der Waals surface area contributed by atoms with Gasteiger partial charge in [0.05, 0.1) is 0 Å². The Morgan fingerprint density at radius 3 is 2.25 bits per heavy atom. The maximum Gasteiger partial charge on any atom is 0.156 e. The predicted octanol–water partition coefficient (Wildman–Crippen LogP) is 3.63. The summed E-state index contributed by atoms with van der Waals surface area (Å²) >= 11 is 2.99. The molecule has 0 spiro atoms. The monoisotopic (exact) mass is 233 g/mol. The normalized spacial score (nSPS) is 8.83. The van der Waals surface area contributed by atoms with Gasteiger partial charge in [0.2, 0.25) is 0 Å². The average Bonchev–Trinajstić information content (AvgIpc) is 2.05. The van der Waals surface area contributed by atoms with Crippen LogP contribution < -0.4 is 0 Å². The van der Waals surface area contributed by atoms with E-state index < -0.39 is 0 Å². The van der Waals surface area contributed by atoms with E-state index in [-0.39, 0.29) is 10.4 Å². The Labute approximate surface area is 81.1 Å². The number of hydrogen-bond donors (Lipinski definition) is 0. The van der Waals surface area contributed by atoms with Crippen LogP contribution in [0.3, 0.4) is 0 Å². The molecular weight excluding hydrogens is 221 g/mol. The van der Waals surface area contributed by atoms with E-state index in [0.29, 0.717) is 0 Å². The molecule has 3 heteroatoms. The van der Waals surface area contributed by atoms with E-state index in [9.17, 15) is 4.39 Å². The van der Waals surface area contributed by atoms with Gasteiger partial charge in [0.15, 0.2) is 5.82 Å². The van der Waals surface area contributed by atoms with E-state index in [1.54, 1.807) is 0 Å². The average molecular weight is 234 g/mol. The van der Waals surface area contributed by atoms with E-state index in [1.165, 1.54) is 6.07 Å². The molecule has 1 aromatic rings. The highest BCUT2D eigenvalue weighted by Crippen LogP contribution is 2.15. The van der Waals surface area contributed by atoms with E-state index in [2.05, 4.69) is 20.9 Å². The van der Waals surface area contributed by atoms with Gasteiger partial charge >= 0.3 is 0 Å². The quantitative estimate of drug-likeness (QED) is 0.624. The maximum atomic E-state index is 12.7. The molecule has 0 saturated carbocycles. The van der Waals surface area contributed by atoms with Crippen LogP contribution in [0.25, 0.3) is 0 Å². The van der Waals surface area contributed by atoms with Gasteiger partial charge in [-0.1, -0.05) is 13.8 Å². The molecule has 0 aromatic carbocycles. The van der Waals surface area contributed by atoms with Gasteiger partial charge in [0, 0.05) is 5.69 Å². The van der Waals surface area contributed by atoms with Crippen LogP contribution in [-0.4, -0.2) is 4.98 Å². The SMILES string of the molecule is CC.Cc1cc(F)c(Br)nc1C. The Kier molecular flexibility index (Phi) is 5.06. The highest BCUT2D eigenvalue weighted by atomic mass is 79.9. The molecule has 1 rings (SSSR count). The zero-order valence-corrected chi connectivity index (χ0v) is 9.37. The minimum absolute atomic E-state index is 0.288. The number of pyridine rings is 1. The summed E-state index contributed by atoms with van der Waals surface area (Å²) in [5.74, 6) is -0.303. The van der Waals surface area contributed by atoms with Crippen molar-refractivity contribution in [2.75, 3.05) is 0 Å². The zero-order chi connectivity index (χ0) is 9.72. The van der Waals surface area contributed by atoms with Crippen molar-refractivity contribution in [3.63, 3.8) is 0 Å². The molecule has 0 saturated heterocycles. The Hall–Kier alpha value is -0.440. The molecule has 0 bridgehead atoms. The summed E-state index contributed by atoms with van der Waals surface area (Å²) < 4.78 is 12.9. The number of aryl methyl sites for hydroxylation is 2. The zero-order valence-electron chi connectivity index (χ0n) is 7.78. The molecule has 0 amide bonds. The lowest BCUT2D eigenvalue weighted by atomic mass is 10.2. The summed E-state index contributed by atoms with van der Waals surface area (Å²) in [6, 6.07) is 1.46. The van der Waals surface area contributed by atoms with Crippen LogP contribution in [0.15, 0.2) is 10.7 Å². The Balaban J connectivity index is 0.000000561. The summed E-state index contributed by atoms with van der Waals surface area (Å²) in [6.07, 6.45) is 0. The minimum Gasteiger partial charge on any atom is -0.243 e. The molecule has 0 fully saturated rings. The maximum absolute atomic E-state index is 12.7. The van der Waals surface area contributed by atoms with Crippen LogP contribution in [0.1, 0.15) is 25.1 Å². The van der Waals surface area contributed by atoms with Gasteiger partial charge in [0.1, 0.15) is 4.60 Å². The molecule has 0 unspecified atom stereocenters. The summed E-state index contributed by atoms with van der Waals surface area (Å²) in [5, 5.41) is 0. The van der Waals surface area contributed by atoms with Gasteiger partial charge in [-0.3, -0.25) is 0 Å². The second-order valence-corrected chi connectivity index (χ2v) is 2.91. The third-order valence-electron chi connectivity index (χ3n) is 1.38. The van der Waals surface area contributed by atoms with Crippen molar-refractivity contribution in [1.29, 1.82) is 0 Å². The topological polar surface area (TPSA) is 12.9 Å². The molecule has 0 radical (unpaired) electrons. The minimum atomic E-state index is -0.303. The molecule has 1 aromatic heterocycles. The van der Waals surface area contributed by atoms with E-state index >= 15 is 0 Å².